The Morgan fingerprint density at radius 1 is 1.80 bits per heavy atom. The molecule has 0 bridgehead atoms. The molecule has 0 radical (unpaired) electrons. The van der Waals surface area contributed by atoms with Crippen molar-refractivity contribution >= 4 is 6.29 Å². The number of carbonyl (C=O) groups excluding carboxylic acids is 1. The van der Waals surface area contributed by atoms with E-state index in [1.165, 1.54) is 0 Å². The first-order valence-electron chi connectivity index (χ1n) is 3.19. The van der Waals surface area contributed by atoms with E-state index in [-0.39, 0.29) is 0 Å². The molecular formula is C7H9NO2. The highest BCUT2D eigenvalue weighted by atomic mass is 16.5. The zero-order chi connectivity index (χ0) is 7.40. The topological polar surface area (TPSA) is 43.1 Å². The van der Waals surface area contributed by atoms with Crippen molar-refractivity contribution in [1.82, 2.24) is 5.16 Å². The predicted molar refractivity (Wildman–Crippen MR) is 35.6 cm³/mol. The largest absolute Gasteiger partial charge is 0.361 e. The Kier molecular flexibility index (Phi) is 2.20. The molecule has 0 atom stereocenters. The van der Waals surface area contributed by atoms with E-state index in [9.17, 15) is 4.79 Å². The molecule has 1 heterocycles. The van der Waals surface area contributed by atoms with Gasteiger partial charge in [-0.2, -0.15) is 0 Å². The van der Waals surface area contributed by atoms with Crippen molar-refractivity contribution in [2.75, 3.05) is 0 Å². The van der Waals surface area contributed by atoms with E-state index in [2.05, 4.69) is 5.16 Å². The summed E-state index contributed by atoms with van der Waals surface area (Å²) in [6.45, 7) is 1.86. The number of nitrogens with zero attached hydrogens (tertiary/aromatic N) is 1. The lowest BCUT2D eigenvalue weighted by molar-refractivity contribution is -0.107. The average Bonchev–Trinajstić information content (AvgIpc) is 2.31. The smallest absolute Gasteiger partial charge is 0.137 e. The summed E-state index contributed by atoms with van der Waals surface area (Å²) >= 11 is 0. The Balaban J connectivity index is 2.49. The first-order chi connectivity index (χ1) is 4.83. The maximum absolute atomic E-state index is 9.92. The Morgan fingerprint density at radius 3 is 3.10 bits per heavy atom. The second kappa shape index (κ2) is 3.15. The summed E-state index contributed by atoms with van der Waals surface area (Å²) in [4.78, 5) is 9.92. The van der Waals surface area contributed by atoms with Crippen LogP contribution in [0.15, 0.2) is 10.6 Å². The standard InChI is InChI=1S/C7H9NO2/c1-6-5-7(10-8-6)3-2-4-9/h4-5H,2-3H2,1H3. The molecular weight excluding hydrogens is 130 g/mol. The van der Waals surface area contributed by atoms with E-state index in [4.69, 9.17) is 4.52 Å². The van der Waals surface area contributed by atoms with Crippen LogP contribution in [0.3, 0.4) is 0 Å². The lowest BCUT2D eigenvalue weighted by atomic mass is 10.2. The van der Waals surface area contributed by atoms with Gasteiger partial charge in [0.25, 0.3) is 0 Å². The maximum atomic E-state index is 9.92. The van der Waals surface area contributed by atoms with Gasteiger partial charge in [0, 0.05) is 18.9 Å². The minimum Gasteiger partial charge on any atom is -0.361 e. The summed E-state index contributed by atoms with van der Waals surface area (Å²) in [7, 11) is 0. The number of aryl methyl sites for hydroxylation is 2. The van der Waals surface area contributed by atoms with Crippen LogP contribution in [0.25, 0.3) is 0 Å². The third kappa shape index (κ3) is 1.69. The van der Waals surface area contributed by atoms with Crippen molar-refractivity contribution < 1.29 is 9.32 Å². The molecule has 0 aliphatic carbocycles. The average molecular weight is 139 g/mol. The Labute approximate surface area is 59.0 Å². The summed E-state index contributed by atoms with van der Waals surface area (Å²) in [5.74, 6) is 0.782. The second-order valence-corrected chi connectivity index (χ2v) is 2.14. The van der Waals surface area contributed by atoms with Gasteiger partial charge >= 0.3 is 0 Å². The molecule has 0 N–H and O–H groups in total. The normalized spacial score (nSPS) is 9.70. The highest BCUT2D eigenvalue weighted by Crippen LogP contribution is 2.03. The first-order valence-corrected chi connectivity index (χ1v) is 3.19. The van der Waals surface area contributed by atoms with Crippen LogP contribution in [0.2, 0.25) is 0 Å². The van der Waals surface area contributed by atoms with E-state index in [1.807, 2.05) is 13.0 Å². The van der Waals surface area contributed by atoms with Crippen LogP contribution in [0.4, 0.5) is 0 Å². The summed E-state index contributed by atoms with van der Waals surface area (Å²) in [6.07, 6.45) is 2.04. The van der Waals surface area contributed by atoms with Crippen molar-refractivity contribution in [2.45, 2.75) is 19.8 Å². The van der Waals surface area contributed by atoms with Gasteiger partial charge in [-0.3, -0.25) is 0 Å². The van der Waals surface area contributed by atoms with Crippen LogP contribution >= 0.6 is 0 Å². The molecule has 0 fully saturated rings. The summed E-state index contributed by atoms with van der Waals surface area (Å²) in [5, 5.41) is 3.68. The fraction of sp³-hybridized carbons (Fsp3) is 0.429. The van der Waals surface area contributed by atoms with Gasteiger partial charge in [-0.25, -0.2) is 0 Å². The molecule has 0 saturated carbocycles. The number of rotatable bonds is 3. The monoisotopic (exact) mass is 139 g/mol. The zero-order valence-electron chi connectivity index (χ0n) is 5.83. The zero-order valence-corrected chi connectivity index (χ0v) is 5.83. The molecule has 1 aromatic heterocycles. The van der Waals surface area contributed by atoms with E-state index in [0.717, 1.165) is 17.7 Å². The molecule has 1 rings (SSSR count). The SMILES string of the molecule is Cc1cc(CCC=O)on1. The Morgan fingerprint density at radius 2 is 2.60 bits per heavy atom. The molecule has 3 nitrogen and oxygen atoms in total. The van der Waals surface area contributed by atoms with E-state index < -0.39 is 0 Å². The van der Waals surface area contributed by atoms with Gasteiger partial charge in [-0.1, -0.05) is 5.16 Å². The minimum absolute atomic E-state index is 0.509. The van der Waals surface area contributed by atoms with Gasteiger partial charge in [0.1, 0.15) is 12.0 Å². The molecule has 0 amide bonds. The predicted octanol–water partition coefficient (Wildman–Crippen LogP) is 1.11. The van der Waals surface area contributed by atoms with Gasteiger partial charge in [0.15, 0.2) is 0 Å². The molecule has 1 aromatic rings. The molecule has 0 spiro atoms. The number of hydrogen-bond donors (Lipinski definition) is 0. The minimum atomic E-state index is 0.509. The van der Waals surface area contributed by atoms with Crippen molar-refractivity contribution in [1.29, 1.82) is 0 Å². The lowest BCUT2D eigenvalue weighted by Crippen LogP contribution is -1.81. The van der Waals surface area contributed by atoms with Crippen LogP contribution in [-0.4, -0.2) is 11.4 Å². The van der Waals surface area contributed by atoms with E-state index in [1.54, 1.807) is 0 Å². The number of aromatic nitrogens is 1. The second-order valence-electron chi connectivity index (χ2n) is 2.14. The molecule has 0 aliphatic rings. The molecule has 0 aliphatic heterocycles. The van der Waals surface area contributed by atoms with Crippen molar-refractivity contribution in [3.8, 4) is 0 Å². The molecule has 10 heavy (non-hydrogen) atoms. The van der Waals surface area contributed by atoms with Crippen LogP contribution in [0.1, 0.15) is 17.9 Å². The summed E-state index contributed by atoms with van der Waals surface area (Å²) < 4.78 is 4.86. The Hall–Kier alpha value is -1.12. The van der Waals surface area contributed by atoms with Crippen molar-refractivity contribution in [3.63, 3.8) is 0 Å². The number of hydrogen-bond acceptors (Lipinski definition) is 3. The lowest BCUT2D eigenvalue weighted by Gasteiger charge is -1.83. The van der Waals surface area contributed by atoms with Gasteiger partial charge < -0.3 is 9.32 Å². The molecule has 54 valence electrons. The number of aldehydes is 1. The van der Waals surface area contributed by atoms with Gasteiger partial charge in [0.05, 0.1) is 5.69 Å². The molecule has 3 heteroatoms. The van der Waals surface area contributed by atoms with Crippen LogP contribution in [0.5, 0.6) is 0 Å². The Bertz CT molecular complexity index is 217. The molecule has 0 saturated heterocycles. The van der Waals surface area contributed by atoms with Gasteiger partial charge in [-0.05, 0) is 6.92 Å². The maximum Gasteiger partial charge on any atom is 0.137 e. The molecule has 0 unspecified atom stereocenters. The fourth-order valence-corrected chi connectivity index (χ4v) is 0.735. The van der Waals surface area contributed by atoms with Crippen LogP contribution in [0, 0.1) is 6.92 Å². The summed E-state index contributed by atoms with van der Waals surface area (Å²) in [5.41, 5.74) is 0.862. The third-order valence-corrected chi connectivity index (χ3v) is 1.19. The van der Waals surface area contributed by atoms with E-state index in [0.29, 0.717) is 12.8 Å². The fourth-order valence-electron chi connectivity index (χ4n) is 0.735. The highest BCUT2D eigenvalue weighted by molar-refractivity contribution is 5.49. The molecule has 0 aromatic carbocycles. The van der Waals surface area contributed by atoms with Crippen LogP contribution in [-0.2, 0) is 11.2 Å². The van der Waals surface area contributed by atoms with E-state index >= 15 is 0 Å². The van der Waals surface area contributed by atoms with Crippen molar-refractivity contribution in [3.05, 3.63) is 17.5 Å². The quantitative estimate of drug-likeness (QED) is 0.589. The van der Waals surface area contributed by atoms with Crippen molar-refractivity contribution in [2.24, 2.45) is 0 Å². The van der Waals surface area contributed by atoms with Crippen LogP contribution < -0.4 is 0 Å². The first kappa shape index (κ1) is 6.99. The summed E-state index contributed by atoms with van der Waals surface area (Å²) in [6, 6.07) is 1.84. The number of carbonyl (C=O) groups is 1. The highest BCUT2D eigenvalue weighted by Gasteiger charge is 1.97. The third-order valence-electron chi connectivity index (χ3n) is 1.19. The van der Waals surface area contributed by atoms with Gasteiger partial charge in [0.2, 0.25) is 0 Å². The van der Waals surface area contributed by atoms with Gasteiger partial charge in [-0.15, -0.1) is 0 Å².